The van der Waals surface area contributed by atoms with Gasteiger partial charge in [0, 0.05) is 47.0 Å². The average Bonchev–Trinajstić information content (AvgIpc) is 3.05. The number of hydrogen-bond acceptors (Lipinski definition) is 2. The van der Waals surface area contributed by atoms with E-state index in [1.807, 2.05) is 0 Å². The number of rotatable bonds is 10. The Labute approximate surface area is 481 Å². The van der Waals surface area contributed by atoms with Gasteiger partial charge >= 0.3 is 0 Å². The van der Waals surface area contributed by atoms with Crippen LogP contribution in [0.5, 0.6) is 0 Å². The first-order valence-corrected chi connectivity index (χ1v) is 29.0. The minimum atomic E-state index is -0.667. The summed E-state index contributed by atoms with van der Waals surface area (Å²) in [5.41, 5.74) is 23.3. The fraction of sp³-hybridized carbons (Fsp3) is 0.0750. The van der Waals surface area contributed by atoms with E-state index in [0.29, 0.717) is 0 Å². The number of para-hydroxylation sites is 2. The van der Waals surface area contributed by atoms with Crippen molar-refractivity contribution >= 4 is 44.3 Å². The number of fused-ring (bicyclic) bond motifs is 6. The summed E-state index contributed by atoms with van der Waals surface area (Å²) in [7, 11) is 0. The van der Waals surface area contributed by atoms with Crippen LogP contribution in [0.15, 0.2) is 303 Å². The lowest BCUT2D eigenvalue weighted by Crippen LogP contribution is -2.39. The molecule has 2 heterocycles. The van der Waals surface area contributed by atoms with Gasteiger partial charge < -0.3 is 9.80 Å². The van der Waals surface area contributed by atoms with Crippen LogP contribution in [0.25, 0.3) is 66.1 Å². The predicted octanol–water partition coefficient (Wildman–Crippen LogP) is 20.4. The zero-order valence-electron chi connectivity index (χ0n) is 46.2. The lowest BCUT2D eigenvalue weighted by atomic mass is 9.60. The van der Waals surface area contributed by atoms with Crippen LogP contribution in [0.4, 0.5) is 22.7 Å². The van der Waals surface area contributed by atoms with Crippen LogP contribution in [0.1, 0.15) is 58.4 Å². The molecular formula is C80H60N2. The van der Waals surface area contributed by atoms with E-state index in [1.54, 1.807) is 0 Å². The van der Waals surface area contributed by atoms with Gasteiger partial charge in [0.2, 0.25) is 0 Å². The van der Waals surface area contributed by atoms with Gasteiger partial charge in [0.15, 0.2) is 0 Å². The number of anilines is 4. The molecule has 15 rings (SSSR count). The third-order valence-electron chi connectivity index (χ3n) is 18.0. The predicted molar refractivity (Wildman–Crippen MR) is 345 cm³/mol. The Kier molecular flexibility index (Phi) is 11.9. The van der Waals surface area contributed by atoms with Crippen molar-refractivity contribution in [2.24, 2.45) is 0 Å². The minimum Gasteiger partial charge on any atom is -0.341 e. The second-order valence-electron chi connectivity index (χ2n) is 21.9. The van der Waals surface area contributed by atoms with Crippen molar-refractivity contribution in [1.82, 2.24) is 0 Å². The van der Waals surface area contributed by atoms with Gasteiger partial charge in [-0.3, -0.25) is 0 Å². The van der Waals surface area contributed by atoms with Crippen molar-refractivity contribution in [3.8, 4) is 44.5 Å². The Hall–Kier alpha value is -10.0. The SMILES string of the molecule is CCN1c2ccccc2C(c2ccccc2)(c2ccccc2)c2c(-c3cccc4c(-c5ccc(-c6ccccc6)cc5)c5cccc(-c6cccc7c6C(c6ccccc6)(c6ccccc6)c6ccccc6N7CC)c5cc34)cccc21. The Morgan fingerprint density at radius 3 is 0.976 bits per heavy atom. The van der Waals surface area contributed by atoms with Crippen molar-refractivity contribution in [1.29, 1.82) is 0 Å². The zero-order chi connectivity index (χ0) is 54.8. The van der Waals surface area contributed by atoms with Gasteiger partial charge in [-0.05, 0) is 144 Å². The Morgan fingerprint density at radius 2 is 0.573 bits per heavy atom. The summed E-state index contributed by atoms with van der Waals surface area (Å²) in [6, 6.07) is 114. The Bertz CT molecular complexity index is 4190. The zero-order valence-corrected chi connectivity index (χ0v) is 46.2. The summed E-state index contributed by atoms with van der Waals surface area (Å²) in [5, 5.41) is 4.84. The van der Waals surface area contributed by atoms with Crippen molar-refractivity contribution in [3.05, 3.63) is 348 Å². The van der Waals surface area contributed by atoms with Crippen molar-refractivity contribution in [3.63, 3.8) is 0 Å². The van der Waals surface area contributed by atoms with E-state index in [1.165, 1.54) is 133 Å². The molecule has 0 N–H and O–H groups in total. The van der Waals surface area contributed by atoms with Crippen LogP contribution in [0.3, 0.4) is 0 Å². The topological polar surface area (TPSA) is 6.48 Å². The molecule has 0 amide bonds. The van der Waals surface area contributed by atoms with E-state index >= 15 is 0 Å². The monoisotopic (exact) mass is 1050 g/mol. The highest BCUT2D eigenvalue weighted by Crippen LogP contribution is 2.61. The molecule has 0 atom stereocenters. The van der Waals surface area contributed by atoms with Gasteiger partial charge in [-0.1, -0.05) is 273 Å². The normalized spacial score (nSPS) is 13.7. The highest BCUT2D eigenvalue weighted by atomic mass is 15.2. The van der Waals surface area contributed by atoms with Crippen LogP contribution in [0, 0.1) is 0 Å². The molecule has 0 saturated carbocycles. The number of nitrogens with zero attached hydrogens (tertiary/aromatic N) is 2. The summed E-state index contributed by atoms with van der Waals surface area (Å²) in [5.74, 6) is 0. The van der Waals surface area contributed by atoms with E-state index < -0.39 is 10.8 Å². The van der Waals surface area contributed by atoms with Crippen LogP contribution in [0.2, 0.25) is 0 Å². The number of hydrogen-bond donors (Lipinski definition) is 0. The third kappa shape index (κ3) is 7.27. The van der Waals surface area contributed by atoms with Gasteiger partial charge in [0.05, 0.1) is 10.8 Å². The second-order valence-corrected chi connectivity index (χ2v) is 21.9. The van der Waals surface area contributed by atoms with Gasteiger partial charge in [-0.25, -0.2) is 0 Å². The summed E-state index contributed by atoms with van der Waals surface area (Å²) in [4.78, 5) is 5.08. The van der Waals surface area contributed by atoms with Crippen LogP contribution < -0.4 is 9.80 Å². The first-order chi connectivity index (χ1) is 40.6. The first kappa shape index (κ1) is 49.1. The molecule has 2 heteroatoms. The molecule has 390 valence electrons. The Balaban J connectivity index is 1.08. The van der Waals surface area contributed by atoms with E-state index in [2.05, 4.69) is 327 Å². The fourth-order valence-corrected chi connectivity index (χ4v) is 14.7. The molecule has 0 fully saturated rings. The van der Waals surface area contributed by atoms with Crippen LogP contribution >= 0.6 is 0 Å². The molecule has 2 aliphatic rings. The van der Waals surface area contributed by atoms with Crippen molar-refractivity contribution in [2.75, 3.05) is 22.9 Å². The fourth-order valence-electron chi connectivity index (χ4n) is 14.7. The third-order valence-corrected chi connectivity index (χ3v) is 18.0. The van der Waals surface area contributed by atoms with Crippen molar-refractivity contribution in [2.45, 2.75) is 24.7 Å². The molecule has 0 aliphatic carbocycles. The molecule has 2 aliphatic heterocycles. The van der Waals surface area contributed by atoms with E-state index in [4.69, 9.17) is 0 Å². The molecule has 82 heavy (non-hydrogen) atoms. The van der Waals surface area contributed by atoms with Crippen LogP contribution in [-0.4, -0.2) is 13.1 Å². The summed E-state index contributed by atoms with van der Waals surface area (Å²) in [6.45, 7) is 6.21. The molecule has 2 nitrogen and oxygen atoms in total. The number of benzene rings is 13. The van der Waals surface area contributed by atoms with Gasteiger partial charge in [0.1, 0.15) is 0 Å². The minimum absolute atomic E-state index is 0.667. The van der Waals surface area contributed by atoms with Gasteiger partial charge in [-0.15, -0.1) is 0 Å². The molecule has 0 bridgehead atoms. The maximum absolute atomic E-state index is 2.55. The van der Waals surface area contributed by atoms with E-state index in [0.717, 1.165) is 13.1 Å². The molecule has 13 aromatic carbocycles. The maximum atomic E-state index is 2.55. The molecule has 13 aromatic rings. The standard InChI is InChI=1S/C80H60N2/c1-3-81-72-46-22-20-44-70(72)79(58-30-12-6-13-31-58,59-32-14-7-15-33-59)77-66(42-26-48-74(77)81)62-38-24-40-64-68(62)54-69-63(39-25-41-65(69)76(64)57-52-50-56(51-53-57)55-28-10-5-11-29-55)67-43-27-49-75-78(67)80(60-34-16-8-17-35-60,61-36-18-9-19-37-61)71-45-21-23-47-73(71)82(75)4-2/h5-54H,3-4H2,1-2H3. The second kappa shape index (κ2) is 20.0. The largest absolute Gasteiger partial charge is 0.341 e. The maximum Gasteiger partial charge on any atom is 0.0748 e. The first-order valence-electron chi connectivity index (χ1n) is 29.0. The van der Waals surface area contributed by atoms with Gasteiger partial charge in [0.25, 0.3) is 0 Å². The lowest BCUT2D eigenvalue weighted by Gasteiger charge is -2.47. The highest BCUT2D eigenvalue weighted by Gasteiger charge is 2.49. The molecule has 0 aromatic heterocycles. The van der Waals surface area contributed by atoms with Crippen molar-refractivity contribution < 1.29 is 0 Å². The molecule has 0 saturated heterocycles. The van der Waals surface area contributed by atoms with Crippen LogP contribution in [-0.2, 0) is 10.8 Å². The molecule has 0 unspecified atom stereocenters. The summed E-state index contributed by atoms with van der Waals surface area (Å²) in [6.07, 6.45) is 0. The highest BCUT2D eigenvalue weighted by molar-refractivity contribution is 6.20. The molecule has 0 radical (unpaired) electrons. The summed E-state index contributed by atoms with van der Waals surface area (Å²) < 4.78 is 0. The van der Waals surface area contributed by atoms with E-state index in [9.17, 15) is 0 Å². The van der Waals surface area contributed by atoms with E-state index in [-0.39, 0.29) is 0 Å². The van der Waals surface area contributed by atoms with Gasteiger partial charge in [-0.2, -0.15) is 0 Å². The average molecular weight is 1050 g/mol. The smallest absolute Gasteiger partial charge is 0.0748 e. The molecular weight excluding hydrogens is 989 g/mol. The molecule has 0 spiro atoms. The Morgan fingerprint density at radius 1 is 0.256 bits per heavy atom. The quantitative estimate of drug-likeness (QED) is 0.126. The lowest BCUT2D eigenvalue weighted by molar-refractivity contribution is 0.722. The summed E-state index contributed by atoms with van der Waals surface area (Å²) >= 11 is 0.